The van der Waals surface area contributed by atoms with Crippen LogP contribution in [0.2, 0.25) is 0 Å². The molecule has 0 unspecified atom stereocenters. The normalized spacial score (nSPS) is 17.2. The molecule has 0 bridgehead atoms. The lowest BCUT2D eigenvalue weighted by Gasteiger charge is -2.25. The Bertz CT molecular complexity index is 385. The van der Waals surface area contributed by atoms with E-state index in [-0.39, 0.29) is 0 Å². The van der Waals surface area contributed by atoms with Gasteiger partial charge in [-0.1, -0.05) is 6.08 Å². The van der Waals surface area contributed by atoms with Gasteiger partial charge in [0.2, 0.25) is 0 Å². The summed E-state index contributed by atoms with van der Waals surface area (Å²) in [5.74, 6) is 0.994. The Morgan fingerprint density at radius 3 is 3.00 bits per heavy atom. The molecule has 4 heteroatoms. The van der Waals surface area contributed by atoms with E-state index in [2.05, 4.69) is 11.0 Å². The summed E-state index contributed by atoms with van der Waals surface area (Å²) in [4.78, 5) is 2.36. The average Bonchev–Trinajstić information content (AvgIpc) is 2.80. The second-order valence-electron chi connectivity index (χ2n) is 4.41. The molecule has 1 aliphatic rings. The van der Waals surface area contributed by atoms with Crippen molar-refractivity contribution >= 4 is 0 Å². The summed E-state index contributed by atoms with van der Waals surface area (Å²) in [6.07, 6.45) is 5.07. The number of methoxy groups -OCH3 is 1. The quantitative estimate of drug-likeness (QED) is 0.787. The average molecular weight is 236 g/mol. The third-order valence-corrected chi connectivity index (χ3v) is 3.04. The number of ether oxygens (including phenoxy) is 1. The van der Waals surface area contributed by atoms with Crippen LogP contribution in [0.4, 0.5) is 0 Å². The first-order chi connectivity index (χ1) is 8.31. The molecule has 0 radical (unpaired) electrons. The zero-order valence-electron chi connectivity index (χ0n) is 10.3. The van der Waals surface area contributed by atoms with E-state index in [9.17, 15) is 0 Å². The van der Waals surface area contributed by atoms with Crippen molar-refractivity contribution in [3.05, 3.63) is 35.3 Å². The second-order valence-corrected chi connectivity index (χ2v) is 4.41. The predicted molar refractivity (Wildman–Crippen MR) is 66.5 cm³/mol. The van der Waals surface area contributed by atoms with Crippen molar-refractivity contribution in [2.75, 3.05) is 26.8 Å². The Morgan fingerprint density at radius 1 is 1.53 bits per heavy atom. The highest BCUT2D eigenvalue weighted by atomic mass is 16.5. The molecule has 94 valence electrons. The third-order valence-electron chi connectivity index (χ3n) is 3.04. The summed E-state index contributed by atoms with van der Waals surface area (Å²) < 4.78 is 10.6. The highest BCUT2D eigenvalue weighted by Gasteiger charge is 2.13. The molecule has 17 heavy (non-hydrogen) atoms. The lowest BCUT2D eigenvalue weighted by molar-refractivity contribution is 0.207. The Kier molecular flexibility index (Phi) is 4.36. The monoisotopic (exact) mass is 236 g/mol. The first kappa shape index (κ1) is 12.4. The van der Waals surface area contributed by atoms with Crippen LogP contribution >= 0.6 is 0 Å². The first-order valence-electron chi connectivity index (χ1n) is 5.97. The number of hydrogen-bond donors (Lipinski definition) is 1. The highest BCUT2D eigenvalue weighted by Crippen LogP contribution is 2.15. The zero-order chi connectivity index (χ0) is 12.1. The van der Waals surface area contributed by atoms with Gasteiger partial charge in [0.15, 0.2) is 0 Å². The smallest absolute Gasteiger partial charge is 0.118 e. The van der Waals surface area contributed by atoms with Gasteiger partial charge < -0.3 is 14.9 Å². The molecule has 0 spiro atoms. The minimum atomic E-state index is 0.543. The zero-order valence-corrected chi connectivity index (χ0v) is 10.3. The van der Waals surface area contributed by atoms with Crippen molar-refractivity contribution in [3.63, 3.8) is 0 Å². The van der Waals surface area contributed by atoms with Gasteiger partial charge in [0, 0.05) is 32.3 Å². The predicted octanol–water partition coefficient (Wildman–Crippen LogP) is 1.52. The number of nitrogens with zero attached hydrogens (tertiary/aromatic N) is 1. The number of rotatable bonds is 5. The van der Waals surface area contributed by atoms with Crippen molar-refractivity contribution in [1.29, 1.82) is 0 Å². The minimum absolute atomic E-state index is 0.543. The fraction of sp³-hybridized carbons (Fsp3) is 0.538. The van der Waals surface area contributed by atoms with E-state index in [1.165, 1.54) is 5.57 Å². The Balaban J connectivity index is 1.85. The maximum Gasteiger partial charge on any atom is 0.118 e. The van der Waals surface area contributed by atoms with Crippen LogP contribution in [0.15, 0.2) is 28.4 Å². The van der Waals surface area contributed by atoms with Crippen molar-refractivity contribution in [1.82, 2.24) is 4.90 Å². The minimum Gasteiger partial charge on any atom is -0.468 e. The molecule has 1 aromatic rings. The van der Waals surface area contributed by atoms with Gasteiger partial charge in [-0.15, -0.1) is 0 Å². The van der Waals surface area contributed by atoms with Gasteiger partial charge in [-0.05, 0) is 18.1 Å². The molecule has 0 aliphatic carbocycles. The molecule has 1 aliphatic heterocycles. The van der Waals surface area contributed by atoms with Crippen LogP contribution in [0.3, 0.4) is 0 Å². The molecule has 2 heterocycles. The van der Waals surface area contributed by atoms with Crippen LogP contribution in [-0.2, 0) is 17.8 Å². The molecular formula is C13H20N2O2. The van der Waals surface area contributed by atoms with Crippen molar-refractivity contribution in [2.45, 2.75) is 19.5 Å². The standard InChI is InChI=1S/C13H20N2O2/c1-16-9-11-2-4-15(5-3-11)8-13-6-12(7-14)10-17-13/h2,6,10H,3-5,7-9,14H2,1H3. The SMILES string of the molecule is COCC1=CCN(Cc2cc(CN)co2)CC1. The third kappa shape index (κ3) is 3.43. The van der Waals surface area contributed by atoms with Gasteiger partial charge in [0.1, 0.15) is 5.76 Å². The molecule has 2 rings (SSSR count). The van der Waals surface area contributed by atoms with Crippen molar-refractivity contribution in [2.24, 2.45) is 5.73 Å². The highest BCUT2D eigenvalue weighted by molar-refractivity contribution is 5.13. The van der Waals surface area contributed by atoms with E-state index >= 15 is 0 Å². The van der Waals surface area contributed by atoms with Crippen LogP contribution in [0.5, 0.6) is 0 Å². The van der Waals surface area contributed by atoms with E-state index in [0.717, 1.165) is 44.0 Å². The Morgan fingerprint density at radius 2 is 2.41 bits per heavy atom. The number of hydrogen-bond acceptors (Lipinski definition) is 4. The maximum absolute atomic E-state index is 5.55. The molecule has 0 aromatic carbocycles. The lowest BCUT2D eigenvalue weighted by atomic mass is 10.1. The number of nitrogens with two attached hydrogens (primary N) is 1. The van der Waals surface area contributed by atoms with Crippen molar-refractivity contribution in [3.8, 4) is 0 Å². The van der Waals surface area contributed by atoms with Crippen LogP contribution in [0.1, 0.15) is 17.7 Å². The molecule has 0 saturated carbocycles. The molecule has 2 N–H and O–H groups in total. The van der Waals surface area contributed by atoms with Crippen LogP contribution < -0.4 is 5.73 Å². The molecule has 1 aromatic heterocycles. The van der Waals surface area contributed by atoms with Crippen LogP contribution in [0.25, 0.3) is 0 Å². The van der Waals surface area contributed by atoms with Crippen LogP contribution in [0, 0.1) is 0 Å². The van der Waals surface area contributed by atoms with E-state index in [1.807, 2.05) is 6.07 Å². The van der Waals surface area contributed by atoms with Gasteiger partial charge in [0.05, 0.1) is 19.4 Å². The maximum atomic E-state index is 5.55. The van der Waals surface area contributed by atoms with Crippen LogP contribution in [-0.4, -0.2) is 31.7 Å². The van der Waals surface area contributed by atoms with Gasteiger partial charge in [0.25, 0.3) is 0 Å². The Labute approximate surface area is 102 Å². The van der Waals surface area contributed by atoms with E-state index in [0.29, 0.717) is 6.54 Å². The fourth-order valence-electron chi connectivity index (χ4n) is 2.05. The van der Waals surface area contributed by atoms with Gasteiger partial charge in [-0.25, -0.2) is 0 Å². The van der Waals surface area contributed by atoms with E-state index in [1.54, 1.807) is 13.4 Å². The second kappa shape index (κ2) is 6.00. The molecule has 0 fully saturated rings. The van der Waals surface area contributed by atoms with E-state index in [4.69, 9.17) is 14.9 Å². The molecule has 0 atom stereocenters. The molecule has 4 nitrogen and oxygen atoms in total. The summed E-state index contributed by atoms with van der Waals surface area (Å²) >= 11 is 0. The van der Waals surface area contributed by atoms with Gasteiger partial charge >= 0.3 is 0 Å². The van der Waals surface area contributed by atoms with Gasteiger partial charge in [-0.3, -0.25) is 4.90 Å². The first-order valence-corrected chi connectivity index (χ1v) is 5.97. The summed E-state index contributed by atoms with van der Waals surface area (Å²) in [7, 11) is 1.74. The summed E-state index contributed by atoms with van der Waals surface area (Å²) in [5, 5.41) is 0. The number of furan rings is 1. The lowest BCUT2D eigenvalue weighted by Crippen LogP contribution is -2.28. The largest absolute Gasteiger partial charge is 0.468 e. The Hall–Kier alpha value is -1.10. The van der Waals surface area contributed by atoms with Gasteiger partial charge in [-0.2, -0.15) is 0 Å². The molecular weight excluding hydrogens is 216 g/mol. The van der Waals surface area contributed by atoms with E-state index < -0.39 is 0 Å². The fourth-order valence-corrected chi connectivity index (χ4v) is 2.05. The summed E-state index contributed by atoms with van der Waals surface area (Å²) in [6, 6.07) is 2.04. The summed E-state index contributed by atoms with van der Waals surface area (Å²) in [6.45, 7) is 4.19. The molecule has 0 amide bonds. The summed E-state index contributed by atoms with van der Waals surface area (Å²) in [5.41, 5.74) is 8.01. The van der Waals surface area contributed by atoms with Crippen molar-refractivity contribution < 1.29 is 9.15 Å². The topological polar surface area (TPSA) is 51.6 Å². The molecule has 0 saturated heterocycles.